The molecule has 0 radical (unpaired) electrons. The van der Waals surface area contributed by atoms with E-state index in [0.29, 0.717) is 0 Å². The van der Waals surface area contributed by atoms with Gasteiger partial charge in [0.1, 0.15) is 0 Å². The van der Waals surface area contributed by atoms with Gasteiger partial charge in [-0.3, -0.25) is 0 Å². The van der Waals surface area contributed by atoms with Crippen LogP contribution in [0.2, 0.25) is 10.0 Å². The van der Waals surface area contributed by atoms with Crippen LogP contribution in [0.1, 0.15) is 0 Å². The average molecular weight is 329 g/mol. The maximum absolute atomic E-state index is 6.08. The first-order chi connectivity index (χ1) is 5.70. The highest BCUT2D eigenvalue weighted by molar-refractivity contribution is 14.1. The monoisotopic (exact) mass is 328 g/mol. The fourth-order valence-electron chi connectivity index (χ4n) is 1.04. The second-order valence-electron chi connectivity index (χ2n) is 2.32. The SMILES string of the molecule is Clc1c(I)cc(Cl)c2sccc12. The molecule has 62 valence electrons. The third-order valence-corrected chi connectivity index (χ3v) is 4.52. The van der Waals surface area contributed by atoms with Gasteiger partial charge < -0.3 is 0 Å². The van der Waals surface area contributed by atoms with Crippen LogP contribution in [0, 0.1) is 3.57 Å². The number of rotatable bonds is 0. The highest BCUT2D eigenvalue weighted by Crippen LogP contribution is 2.36. The van der Waals surface area contributed by atoms with Crippen LogP contribution in [-0.4, -0.2) is 0 Å². The number of hydrogen-bond donors (Lipinski definition) is 0. The van der Waals surface area contributed by atoms with E-state index in [-0.39, 0.29) is 0 Å². The lowest BCUT2D eigenvalue weighted by molar-refractivity contribution is 1.75. The average Bonchev–Trinajstić information content (AvgIpc) is 2.48. The molecule has 0 bridgehead atoms. The van der Waals surface area contributed by atoms with Gasteiger partial charge in [-0.25, -0.2) is 0 Å². The number of thiophene rings is 1. The molecule has 1 aromatic heterocycles. The summed E-state index contributed by atoms with van der Waals surface area (Å²) in [5.74, 6) is 0. The van der Waals surface area contributed by atoms with Gasteiger partial charge in [0.15, 0.2) is 0 Å². The third-order valence-electron chi connectivity index (χ3n) is 1.58. The molecule has 0 spiro atoms. The molecule has 0 amide bonds. The van der Waals surface area contributed by atoms with Crippen molar-refractivity contribution in [3.8, 4) is 0 Å². The zero-order valence-electron chi connectivity index (χ0n) is 5.77. The maximum atomic E-state index is 6.08. The van der Waals surface area contributed by atoms with Crippen LogP contribution in [0.25, 0.3) is 10.1 Å². The van der Waals surface area contributed by atoms with E-state index in [1.807, 2.05) is 17.5 Å². The van der Waals surface area contributed by atoms with Crippen molar-refractivity contribution >= 4 is 67.2 Å². The Morgan fingerprint density at radius 1 is 1.33 bits per heavy atom. The van der Waals surface area contributed by atoms with E-state index >= 15 is 0 Å². The molecule has 0 nitrogen and oxygen atoms in total. The number of halogens is 3. The lowest BCUT2D eigenvalue weighted by Gasteiger charge is -1.99. The quantitative estimate of drug-likeness (QED) is 0.481. The molecule has 1 heterocycles. The van der Waals surface area contributed by atoms with Gasteiger partial charge in [0.25, 0.3) is 0 Å². The van der Waals surface area contributed by atoms with Crippen LogP contribution in [0.3, 0.4) is 0 Å². The van der Waals surface area contributed by atoms with E-state index in [1.54, 1.807) is 11.3 Å². The normalized spacial score (nSPS) is 10.9. The van der Waals surface area contributed by atoms with Gasteiger partial charge in [-0.1, -0.05) is 23.2 Å². The fourth-order valence-corrected chi connectivity index (χ4v) is 3.24. The Morgan fingerprint density at radius 3 is 2.83 bits per heavy atom. The molecular weight excluding hydrogens is 326 g/mol. The van der Waals surface area contributed by atoms with Crippen LogP contribution in [0.15, 0.2) is 17.5 Å². The minimum absolute atomic E-state index is 0.786. The summed E-state index contributed by atoms with van der Waals surface area (Å²) in [6.45, 7) is 0. The molecule has 0 aliphatic heterocycles. The Balaban J connectivity index is 2.97. The van der Waals surface area contributed by atoms with Crippen LogP contribution in [0.4, 0.5) is 0 Å². The predicted molar refractivity (Wildman–Crippen MR) is 64.6 cm³/mol. The van der Waals surface area contributed by atoms with Crippen molar-refractivity contribution in [1.29, 1.82) is 0 Å². The molecule has 0 saturated heterocycles. The van der Waals surface area contributed by atoms with Gasteiger partial charge >= 0.3 is 0 Å². The van der Waals surface area contributed by atoms with Crippen molar-refractivity contribution in [3.63, 3.8) is 0 Å². The highest BCUT2D eigenvalue weighted by Gasteiger charge is 2.07. The molecule has 0 N–H and O–H groups in total. The van der Waals surface area contributed by atoms with E-state index in [2.05, 4.69) is 22.6 Å². The summed E-state index contributed by atoms with van der Waals surface area (Å²) in [6, 6.07) is 3.89. The summed E-state index contributed by atoms with van der Waals surface area (Å²) in [7, 11) is 0. The van der Waals surface area contributed by atoms with Crippen molar-refractivity contribution in [2.24, 2.45) is 0 Å². The lowest BCUT2D eigenvalue weighted by Crippen LogP contribution is -1.75. The molecule has 2 aromatic rings. The van der Waals surface area contributed by atoms with Crippen molar-refractivity contribution < 1.29 is 0 Å². The first-order valence-corrected chi connectivity index (χ1v) is 5.92. The number of fused-ring (bicyclic) bond motifs is 1. The summed E-state index contributed by atoms with van der Waals surface area (Å²) < 4.78 is 2.08. The van der Waals surface area contributed by atoms with E-state index in [1.165, 1.54) is 0 Å². The van der Waals surface area contributed by atoms with Crippen molar-refractivity contribution in [2.75, 3.05) is 0 Å². The molecule has 0 aliphatic carbocycles. The Labute approximate surface area is 97.6 Å². The largest absolute Gasteiger partial charge is 0.142 e. The maximum Gasteiger partial charge on any atom is 0.0627 e. The minimum Gasteiger partial charge on any atom is -0.142 e. The number of benzene rings is 1. The van der Waals surface area contributed by atoms with Crippen LogP contribution >= 0.6 is 57.1 Å². The summed E-state index contributed by atoms with van der Waals surface area (Å²) >= 11 is 15.9. The van der Waals surface area contributed by atoms with E-state index < -0.39 is 0 Å². The molecule has 0 aliphatic rings. The molecule has 1 aromatic carbocycles. The molecule has 2 rings (SSSR count). The van der Waals surface area contributed by atoms with Gasteiger partial charge in [-0.2, -0.15) is 0 Å². The van der Waals surface area contributed by atoms with Crippen molar-refractivity contribution in [1.82, 2.24) is 0 Å². The molecule has 0 atom stereocenters. The third kappa shape index (κ3) is 1.35. The van der Waals surface area contributed by atoms with Crippen LogP contribution in [-0.2, 0) is 0 Å². The molecule has 4 heteroatoms. The summed E-state index contributed by atoms with van der Waals surface area (Å²) in [4.78, 5) is 0. The second-order valence-corrected chi connectivity index (χ2v) is 5.18. The standard InChI is InChI=1S/C8H3Cl2IS/c9-5-3-6(11)7(10)4-1-2-12-8(4)5/h1-3H. The summed E-state index contributed by atoms with van der Waals surface area (Å²) in [5, 5.41) is 4.64. The van der Waals surface area contributed by atoms with Gasteiger partial charge in [0.05, 0.1) is 14.7 Å². The number of hydrogen-bond acceptors (Lipinski definition) is 1. The molecular formula is C8H3Cl2IS. The van der Waals surface area contributed by atoms with E-state index in [0.717, 1.165) is 23.7 Å². The zero-order valence-corrected chi connectivity index (χ0v) is 10.3. The molecule has 12 heavy (non-hydrogen) atoms. The Kier molecular flexibility index (Phi) is 2.51. The van der Waals surface area contributed by atoms with Gasteiger partial charge in [-0.15, -0.1) is 11.3 Å². The van der Waals surface area contributed by atoms with Crippen LogP contribution < -0.4 is 0 Å². The molecule has 0 saturated carbocycles. The lowest BCUT2D eigenvalue weighted by atomic mass is 10.3. The summed E-state index contributed by atoms with van der Waals surface area (Å²) in [6.07, 6.45) is 0. The fraction of sp³-hybridized carbons (Fsp3) is 0. The van der Waals surface area contributed by atoms with Crippen LogP contribution in [0.5, 0.6) is 0 Å². The minimum atomic E-state index is 0.786. The highest BCUT2D eigenvalue weighted by atomic mass is 127. The van der Waals surface area contributed by atoms with Crippen molar-refractivity contribution in [2.45, 2.75) is 0 Å². The van der Waals surface area contributed by atoms with Gasteiger partial charge in [0.2, 0.25) is 0 Å². The van der Waals surface area contributed by atoms with Gasteiger partial charge in [0, 0.05) is 8.96 Å². The van der Waals surface area contributed by atoms with E-state index in [9.17, 15) is 0 Å². The Morgan fingerprint density at radius 2 is 2.08 bits per heavy atom. The Hall–Kier alpha value is 0.490. The van der Waals surface area contributed by atoms with E-state index in [4.69, 9.17) is 23.2 Å². The first kappa shape index (κ1) is 9.06. The summed E-state index contributed by atoms with van der Waals surface area (Å²) in [5.41, 5.74) is 0. The predicted octanol–water partition coefficient (Wildman–Crippen LogP) is 4.81. The van der Waals surface area contributed by atoms with Gasteiger partial charge in [-0.05, 0) is 40.1 Å². The smallest absolute Gasteiger partial charge is 0.0627 e. The molecule has 0 unspecified atom stereocenters. The second kappa shape index (κ2) is 3.33. The first-order valence-electron chi connectivity index (χ1n) is 3.21. The molecule has 0 fully saturated rings. The Bertz CT molecular complexity index is 436. The topological polar surface area (TPSA) is 0 Å². The zero-order chi connectivity index (χ0) is 8.72. The van der Waals surface area contributed by atoms with Crippen molar-refractivity contribution in [3.05, 3.63) is 31.1 Å².